The SMILES string of the molecule is CN(Cc1cccc(-c2ccc(C(=O)NCCc3ccccc3)cc2)c1)C(=O)CN. The predicted molar refractivity (Wildman–Crippen MR) is 120 cm³/mol. The van der Waals surface area contributed by atoms with E-state index in [9.17, 15) is 9.59 Å². The summed E-state index contributed by atoms with van der Waals surface area (Å²) in [6.45, 7) is 1.11. The molecule has 0 aliphatic rings. The number of nitrogens with zero attached hydrogens (tertiary/aromatic N) is 1. The number of nitrogens with two attached hydrogens (primary N) is 1. The number of hydrogen-bond acceptors (Lipinski definition) is 3. The highest BCUT2D eigenvalue weighted by Gasteiger charge is 2.09. The Hall–Kier alpha value is -3.44. The Labute approximate surface area is 177 Å². The number of amides is 2. The van der Waals surface area contributed by atoms with Gasteiger partial charge in [-0.2, -0.15) is 0 Å². The minimum atomic E-state index is -0.0944. The van der Waals surface area contributed by atoms with E-state index in [1.807, 2.05) is 60.7 Å². The lowest BCUT2D eigenvalue weighted by Crippen LogP contribution is -2.32. The number of nitrogens with one attached hydrogen (secondary N) is 1. The fraction of sp³-hybridized carbons (Fsp3) is 0.200. The van der Waals surface area contributed by atoms with Gasteiger partial charge in [-0.15, -0.1) is 0 Å². The molecule has 0 fully saturated rings. The second-order valence-corrected chi connectivity index (χ2v) is 7.22. The highest BCUT2D eigenvalue weighted by atomic mass is 16.2. The van der Waals surface area contributed by atoms with Crippen molar-refractivity contribution in [2.75, 3.05) is 20.1 Å². The molecular formula is C25H27N3O2. The van der Waals surface area contributed by atoms with Gasteiger partial charge in [-0.05, 0) is 46.9 Å². The topological polar surface area (TPSA) is 75.4 Å². The number of hydrogen-bond donors (Lipinski definition) is 2. The molecule has 0 atom stereocenters. The molecule has 3 N–H and O–H groups in total. The molecule has 3 rings (SSSR count). The largest absolute Gasteiger partial charge is 0.352 e. The molecule has 30 heavy (non-hydrogen) atoms. The van der Waals surface area contributed by atoms with Gasteiger partial charge in [-0.25, -0.2) is 0 Å². The zero-order valence-electron chi connectivity index (χ0n) is 17.2. The molecule has 0 saturated heterocycles. The number of likely N-dealkylation sites (N-methyl/N-ethyl adjacent to an activating group) is 1. The molecule has 2 amide bonds. The van der Waals surface area contributed by atoms with Crippen molar-refractivity contribution in [1.29, 1.82) is 0 Å². The second-order valence-electron chi connectivity index (χ2n) is 7.22. The van der Waals surface area contributed by atoms with Gasteiger partial charge in [0.2, 0.25) is 5.91 Å². The molecule has 0 aliphatic carbocycles. The first-order chi connectivity index (χ1) is 14.6. The third kappa shape index (κ3) is 5.78. The minimum absolute atomic E-state index is 0.00503. The molecule has 0 aromatic heterocycles. The number of rotatable bonds is 8. The molecule has 0 unspecified atom stereocenters. The molecular weight excluding hydrogens is 374 g/mol. The Kier molecular flexibility index (Phi) is 7.35. The molecule has 5 nitrogen and oxygen atoms in total. The summed E-state index contributed by atoms with van der Waals surface area (Å²) in [5, 5.41) is 2.97. The van der Waals surface area contributed by atoms with E-state index in [1.165, 1.54) is 5.56 Å². The summed E-state index contributed by atoms with van der Waals surface area (Å²) in [6.07, 6.45) is 0.804. The van der Waals surface area contributed by atoms with Gasteiger partial charge in [-0.3, -0.25) is 9.59 Å². The summed E-state index contributed by atoms with van der Waals surface area (Å²) in [6, 6.07) is 25.7. The number of benzene rings is 3. The van der Waals surface area contributed by atoms with Crippen molar-refractivity contribution >= 4 is 11.8 Å². The molecule has 3 aromatic carbocycles. The molecule has 0 saturated carbocycles. The molecule has 0 spiro atoms. The average Bonchev–Trinajstić information content (AvgIpc) is 2.79. The van der Waals surface area contributed by atoms with Crippen molar-refractivity contribution in [1.82, 2.24) is 10.2 Å². The first-order valence-corrected chi connectivity index (χ1v) is 10.0. The Morgan fingerprint density at radius 2 is 1.57 bits per heavy atom. The number of carbonyl (C=O) groups excluding carboxylic acids is 2. The first-order valence-electron chi connectivity index (χ1n) is 10.0. The van der Waals surface area contributed by atoms with Crippen LogP contribution < -0.4 is 11.1 Å². The van der Waals surface area contributed by atoms with Crippen LogP contribution in [0.1, 0.15) is 21.5 Å². The first kappa shape index (κ1) is 21.3. The Morgan fingerprint density at radius 3 is 2.27 bits per heavy atom. The maximum Gasteiger partial charge on any atom is 0.251 e. The molecule has 5 heteroatoms. The molecule has 3 aromatic rings. The maximum atomic E-state index is 12.4. The molecule has 0 bridgehead atoms. The van der Waals surface area contributed by atoms with Crippen LogP contribution in [0, 0.1) is 0 Å². The fourth-order valence-corrected chi connectivity index (χ4v) is 3.25. The van der Waals surface area contributed by atoms with Crippen LogP contribution in [0.5, 0.6) is 0 Å². The van der Waals surface area contributed by atoms with Crippen LogP contribution in [-0.2, 0) is 17.8 Å². The van der Waals surface area contributed by atoms with Crippen molar-refractivity contribution < 1.29 is 9.59 Å². The van der Waals surface area contributed by atoms with Gasteiger partial charge in [0.1, 0.15) is 0 Å². The highest BCUT2D eigenvalue weighted by Crippen LogP contribution is 2.21. The van der Waals surface area contributed by atoms with Crippen LogP contribution in [0.25, 0.3) is 11.1 Å². The van der Waals surface area contributed by atoms with E-state index < -0.39 is 0 Å². The summed E-state index contributed by atoms with van der Waals surface area (Å²) < 4.78 is 0. The zero-order valence-corrected chi connectivity index (χ0v) is 17.2. The maximum absolute atomic E-state index is 12.4. The molecule has 0 radical (unpaired) electrons. The van der Waals surface area contributed by atoms with Gasteiger partial charge in [0, 0.05) is 25.7 Å². The Balaban J connectivity index is 1.60. The third-order valence-electron chi connectivity index (χ3n) is 4.97. The van der Waals surface area contributed by atoms with Gasteiger partial charge in [0.15, 0.2) is 0 Å². The monoisotopic (exact) mass is 401 g/mol. The van der Waals surface area contributed by atoms with Crippen LogP contribution in [0.15, 0.2) is 78.9 Å². The number of carbonyl (C=O) groups is 2. The van der Waals surface area contributed by atoms with Crippen molar-refractivity contribution in [3.63, 3.8) is 0 Å². The third-order valence-corrected chi connectivity index (χ3v) is 4.97. The minimum Gasteiger partial charge on any atom is -0.352 e. The van der Waals surface area contributed by atoms with Gasteiger partial charge in [0.25, 0.3) is 5.91 Å². The van der Waals surface area contributed by atoms with E-state index in [1.54, 1.807) is 11.9 Å². The van der Waals surface area contributed by atoms with Crippen molar-refractivity contribution in [2.45, 2.75) is 13.0 Å². The van der Waals surface area contributed by atoms with E-state index in [0.29, 0.717) is 18.7 Å². The lowest BCUT2D eigenvalue weighted by atomic mass is 10.0. The average molecular weight is 402 g/mol. The van der Waals surface area contributed by atoms with E-state index in [0.717, 1.165) is 23.1 Å². The predicted octanol–water partition coefficient (Wildman–Crippen LogP) is 3.24. The van der Waals surface area contributed by atoms with Crippen LogP contribution >= 0.6 is 0 Å². The Morgan fingerprint density at radius 1 is 0.867 bits per heavy atom. The van der Waals surface area contributed by atoms with Gasteiger partial charge >= 0.3 is 0 Å². The Bertz CT molecular complexity index is 985. The van der Waals surface area contributed by atoms with E-state index in [2.05, 4.69) is 23.5 Å². The molecule has 0 heterocycles. The van der Waals surface area contributed by atoms with Crippen LogP contribution in [0.3, 0.4) is 0 Å². The summed E-state index contributed by atoms with van der Waals surface area (Å²) in [4.78, 5) is 25.7. The van der Waals surface area contributed by atoms with E-state index in [-0.39, 0.29) is 18.4 Å². The zero-order chi connectivity index (χ0) is 21.3. The van der Waals surface area contributed by atoms with E-state index in [4.69, 9.17) is 5.73 Å². The van der Waals surface area contributed by atoms with Crippen molar-refractivity contribution in [3.05, 3.63) is 95.6 Å². The summed E-state index contributed by atoms with van der Waals surface area (Å²) >= 11 is 0. The summed E-state index contributed by atoms with van der Waals surface area (Å²) in [7, 11) is 1.74. The summed E-state index contributed by atoms with van der Waals surface area (Å²) in [5.41, 5.74) is 10.3. The molecule has 0 aliphatic heterocycles. The van der Waals surface area contributed by atoms with Gasteiger partial charge < -0.3 is 16.0 Å². The summed E-state index contributed by atoms with van der Waals surface area (Å²) in [5.74, 6) is -0.170. The van der Waals surface area contributed by atoms with Crippen LogP contribution in [0.4, 0.5) is 0 Å². The molecule has 154 valence electrons. The quantitative estimate of drug-likeness (QED) is 0.608. The van der Waals surface area contributed by atoms with Crippen LogP contribution in [-0.4, -0.2) is 36.9 Å². The van der Waals surface area contributed by atoms with Gasteiger partial charge in [0.05, 0.1) is 6.54 Å². The normalized spacial score (nSPS) is 10.5. The lowest BCUT2D eigenvalue weighted by molar-refractivity contribution is -0.128. The van der Waals surface area contributed by atoms with Crippen LogP contribution in [0.2, 0.25) is 0 Å². The lowest BCUT2D eigenvalue weighted by Gasteiger charge is -2.16. The van der Waals surface area contributed by atoms with Crippen molar-refractivity contribution in [2.24, 2.45) is 5.73 Å². The van der Waals surface area contributed by atoms with E-state index >= 15 is 0 Å². The van der Waals surface area contributed by atoms with Gasteiger partial charge in [-0.1, -0.05) is 60.7 Å². The van der Waals surface area contributed by atoms with Crippen molar-refractivity contribution in [3.8, 4) is 11.1 Å². The highest BCUT2D eigenvalue weighted by molar-refractivity contribution is 5.94. The standard InChI is InChI=1S/C25H27N3O2/c1-28(24(29)17-26)18-20-8-5-9-23(16-20)21-10-12-22(13-11-21)25(30)27-15-14-19-6-3-2-4-7-19/h2-13,16H,14-15,17-18,26H2,1H3,(H,27,30). The second kappa shape index (κ2) is 10.4. The fourth-order valence-electron chi connectivity index (χ4n) is 3.25. The smallest absolute Gasteiger partial charge is 0.251 e.